The van der Waals surface area contributed by atoms with Crippen LogP contribution < -0.4 is 10.1 Å². The number of aromatic nitrogens is 2. The van der Waals surface area contributed by atoms with E-state index in [0.717, 1.165) is 36.8 Å². The highest BCUT2D eigenvalue weighted by atomic mass is 16.5. The minimum absolute atomic E-state index is 0.0258. The van der Waals surface area contributed by atoms with Gasteiger partial charge in [0.25, 0.3) is 0 Å². The number of amides is 1. The largest absolute Gasteiger partial charge is 0.492 e. The summed E-state index contributed by atoms with van der Waals surface area (Å²) in [5.41, 5.74) is 1.16. The Morgan fingerprint density at radius 1 is 1.39 bits per heavy atom. The highest BCUT2D eigenvalue weighted by Crippen LogP contribution is 2.12. The van der Waals surface area contributed by atoms with E-state index in [2.05, 4.69) is 19.8 Å². The van der Waals surface area contributed by atoms with Gasteiger partial charge in [-0.3, -0.25) is 9.69 Å². The first-order valence-corrected chi connectivity index (χ1v) is 7.89. The summed E-state index contributed by atoms with van der Waals surface area (Å²) in [6.07, 6.45) is 3.79. The quantitative estimate of drug-likeness (QED) is 0.814. The van der Waals surface area contributed by atoms with E-state index in [9.17, 15) is 4.79 Å². The second kappa shape index (κ2) is 7.28. The van der Waals surface area contributed by atoms with Crippen LogP contribution in [-0.4, -0.2) is 46.6 Å². The van der Waals surface area contributed by atoms with Crippen LogP contribution in [0.2, 0.25) is 0 Å². The molecule has 23 heavy (non-hydrogen) atoms. The summed E-state index contributed by atoms with van der Waals surface area (Å²) < 4.78 is 7.75. The third kappa shape index (κ3) is 4.32. The Morgan fingerprint density at radius 2 is 2.30 bits per heavy atom. The summed E-state index contributed by atoms with van der Waals surface area (Å²) in [5.74, 6) is 1.88. The Kier molecular flexibility index (Phi) is 4.92. The first-order valence-electron chi connectivity index (χ1n) is 7.89. The highest BCUT2D eigenvalue weighted by Gasteiger charge is 2.18. The number of rotatable bonds is 6. The van der Waals surface area contributed by atoms with Crippen molar-refractivity contribution < 1.29 is 9.53 Å². The number of carbonyl (C=O) groups is 1. The Morgan fingerprint density at radius 3 is 3.17 bits per heavy atom. The Labute approximate surface area is 136 Å². The van der Waals surface area contributed by atoms with Gasteiger partial charge in [-0.2, -0.15) is 0 Å². The maximum atomic E-state index is 12.0. The van der Waals surface area contributed by atoms with Gasteiger partial charge in [0, 0.05) is 25.5 Å². The van der Waals surface area contributed by atoms with Gasteiger partial charge >= 0.3 is 0 Å². The smallest absolute Gasteiger partial charge is 0.234 e. The Balaban J connectivity index is 1.35. The van der Waals surface area contributed by atoms with Gasteiger partial charge in [-0.05, 0) is 24.6 Å². The predicted molar refractivity (Wildman–Crippen MR) is 87.2 cm³/mol. The van der Waals surface area contributed by atoms with Crippen LogP contribution in [0.25, 0.3) is 0 Å². The average Bonchev–Trinajstić information content (AvgIpc) is 2.99. The third-order valence-corrected chi connectivity index (χ3v) is 3.87. The lowest BCUT2D eigenvalue weighted by Gasteiger charge is -2.26. The summed E-state index contributed by atoms with van der Waals surface area (Å²) in [7, 11) is 0. The molecule has 0 spiro atoms. The molecule has 2 heterocycles. The van der Waals surface area contributed by atoms with Crippen LogP contribution in [-0.2, 0) is 17.9 Å². The first kappa shape index (κ1) is 15.6. The fourth-order valence-corrected chi connectivity index (χ4v) is 2.68. The maximum absolute atomic E-state index is 12.0. The van der Waals surface area contributed by atoms with E-state index < -0.39 is 0 Å². The lowest BCUT2D eigenvalue weighted by Crippen LogP contribution is -2.42. The molecule has 0 bridgehead atoms. The fraction of sp³-hybridized carbons (Fsp3) is 0.412. The molecule has 1 N–H and O–H groups in total. The van der Waals surface area contributed by atoms with Crippen LogP contribution in [0.5, 0.6) is 5.75 Å². The van der Waals surface area contributed by atoms with Crippen LogP contribution in [0.15, 0.2) is 36.7 Å². The molecule has 1 amide bonds. The molecule has 0 fully saturated rings. The van der Waals surface area contributed by atoms with Crippen molar-refractivity contribution in [1.82, 2.24) is 19.8 Å². The van der Waals surface area contributed by atoms with E-state index in [1.54, 1.807) is 0 Å². The second-order valence-electron chi connectivity index (χ2n) is 5.76. The van der Waals surface area contributed by atoms with Crippen LogP contribution in [0.4, 0.5) is 0 Å². The number of imidazole rings is 1. The number of hydrogen-bond acceptors (Lipinski definition) is 4. The molecule has 0 radical (unpaired) electrons. The molecular weight excluding hydrogens is 292 g/mol. The number of benzene rings is 1. The van der Waals surface area contributed by atoms with Crippen molar-refractivity contribution in [2.75, 3.05) is 26.2 Å². The van der Waals surface area contributed by atoms with E-state index in [0.29, 0.717) is 19.7 Å². The molecule has 0 atom stereocenters. The zero-order chi connectivity index (χ0) is 16.1. The molecule has 1 aromatic carbocycles. The number of nitrogens with zero attached hydrogens (tertiary/aromatic N) is 3. The zero-order valence-electron chi connectivity index (χ0n) is 13.4. The van der Waals surface area contributed by atoms with Gasteiger partial charge in [0.2, 0.25) is 5.91 Å². The van der Waals surface area contributed by atoms with Crippen molar-refractivity contribution in [2.45, 2.75) is 20.0 Å². The molecule has 1 aromatic heterocycles. The molecule has 6 nitrogen and oxygen atoms in total. The number of ether oxygens (including phenoxy) is 1. The van der Waals surface area contributed by atoms with Crippen molar-refractivity contribution in [3.8, 4) is 5.75 Å². The van der Waals surface area contributed by atoms with Crippen LogP contribution >= 0.6 is 0 Å². The minimum Gasteiger partial charge on any atom is -0.492 e. The minimum atomic E-state index is 0.0258. The average molecular weight is 314 g/mol. The molecule has 1 aliphatic heterocycles. The molecule has 0 saturated heterocycles. The third-order valence-electron chi connectivity index (χ3n) is 3.87. The van der Waals surface area contributed by atoms with E-state index >= 15 is 0 Å². The Bertz CT molecular complexity index is 668. The highest BCUT2D eigenvalue weighted by molar-refractivity contribution is 5.78. The Hall–Kier alpha value is -2.34. The van der Waals surface area contributed by atoms with Gasteiger partial charge in [0.05, 0.1) is 19.6 Å². The number of carbonyl (C=O) groups excluding carboxylic acids is 1. The van der Waals surface area contributed by atoms with Gasteiger partial charge in [0.15, 0.2) is 0 Å². The molecular formula is C17H22N4O2. The molecule has 3 rings (SSSR count). The molecule has 0 saturated carbocycles. The topological polar surface area (TPSA) is 59.4 Å². The standard InChI is InChI=1S/C17H22N4O2/c1-14-3-2-4-15(11-14)23-10-6-19-17(22)13-20-8-9-21-7-5-18-16(21)12-20/h2-5,7,11H,6,8-10,12-13H2,1H3,(H,19,22). The zero-order valence-corrected chi connectivity index (χ0v) is 13.4. The van der Waals surface area contributed by atoms with Gasteiger partial charge in [-0.25, -0.2) is 4.98 Å². The summed E-state index contributed by atoms with van der Waals surface area (Å²) >= 11 is 0. The van der Waals surface area contributed by atoms with Crippen molar-refractivity contribution in [1.29, 1.82) is 0 Å². The summed E-state index contributed by atoms with van der Waals surface area (Å²) in [4.78, 5) is 18.4. The number of fused-ring (bicyclic) bond motifs is 1. The number of nitrogens with one attached hydrogen (secondary N) is 1. The molecule has 0 aliphatic carbocycles. The van der Waals surface area contributed by atoms with Gasteiger partial charge in [-0.15, -0.1) is 0 Å². The molecule has 2 aromatic rings. The lowest BCUT2D eigenvalue weighted by atomic mass is 10.2. The van der Waals surface area contributed by atoms with Gasteiger partial charge in [-0.1, -0.05) is 12.1 Å². The maximum Gasteiger partial charge on any atom is 0.234 e. The van der Waals surface area contributed by atoms with Crippen molar-refractivity contribution in [3.05, 3.63) is 48.0 Å². The van der Waals surface area contributed by atoms with E-state index in [1.165, 1.54) is 0 Å². The van der Waals surface area contributed by atoms with E-state index in [4.69, 9.17) is 4.74 Å². The van der Waals surface area contributed by atoms with Gasteiger partial charge < -0.3 is 14.6 Å². The van der Waals surface area contributed by atoms with Crippen LogP contribution in [0, 0.1) is 6.92 Å². The molecule has 6 heteroatoms. The van der Waals surface area contributed by atoms with E-state index in [-0.39, 0.29) is 5.91 Å². The van der Waals surface area contributed by atoms with Crippen molar-refractivity contribution in [2.24, 2.45) is 0 Å². The number of hydrogen-bond donors (Lipinski definition) is 1. The van der Waals surface area contributed by atoms with Gasteiger partial charge in [0.1, 0.15) is 18.2 Å². The molecule has 122 valence electrons. The molecule has 1 aliphatic rings. The summed E-state index contributed by atoms with van der Waals surface area (Å²) in [6.45, 7) is 5.89. The normalized spacial score (nSPS) is 14.3. The first-order chi connectivity index (χ1) is 11.2. The summed E-state index contributed by atoms with van der Waals surface area (Å²) in [5, 5.41) is 2.90. The second-order valence-corrected chi connectivity index (χ2v) is 5.76. The van der Waals surface area contributed by atoms with E-state index in [1.807, 2.05) is 43.6 Å². The SMILES string of the molecule is Cc1cccc(OCCNC(=O)CN2CCn3ccnc3C2)c1. The van der Waals surface area contributed by atoms with Crippen molar-refractivity contribution >= 4 is 5.91 Å². The van der Waals surface area contributed by atoms with Crippen LogP contribution in [0.3, 0.4) is 0 Å². The van der Waals surface area contributed by atoms with Crippen molar-refractivity contribution in [3.63, 3.8) is 0 Å². The lowest BCUT2D eigenvalue weighted by molar-refractivity contribution is -0.122. The van der Waals surface area contributed by atoms with Crippen LogP contribution in [0.1, 0.15) is 11.4 Å². The molecule has 0 unspecified atom stereocenters. The summed E-state index contributed by atoms with van der Waals surface area (Å²) in [6, 6.07) is 7.89. The monoisotopic (exact) mass is 314 g/mol. The fourth-order valence-electron chi connectivity index (χ4n) is 2.68. The number of aryl methyl sites for hydroxylation is 1. The predicted octanol–water partition coefficient (Wildman–Crippen LogP) is 1.20.